The Kier molecular flexibility index (Phi) is 4.21. The Bertz CT molecular complexity index is 858. The number of fused-ring (bicyclic) bond motifs is 2. The standard InChI is InChI=1S/C16H19ClN4O3S/c1-24-16-5-4-14(10-15(16)17)25(22,23)20-11-2-3-12(20)9-13(8-11)21-18-6-7-19-21/h4-7,10-13H,2-3,8-9H2,1H3. The summed E-state index contributed by atoms with van der Waals surface area (Å²) in [5, 5.41) is 8.74. The van der Waals surface area contributed by atoms with Gasteiger partial charge >= 0.3 is 0 Å². The van der Waals surface area contributed by atoms with Crippen molar-refractivity contribution < 1.29 is 13.2 Å². The minimum absolute atomic E-state index is 0.0272. The Morgan fingerprint density at radius 1 is 1.12 bits per heavy atom. The molecular formula is C16H19ClN4O3S. The number of aromatic nitrogens is 3. The van der Waals surface area contributed by atoms with Gasteiger partial charge in [-0.25, -0.2) is 8.42 Å². The van der Waals surface area contributed by atoms with Gasteiger partial charge in [-0.15, -0.1) is 0 Å². The number of benzene rings is 1. The number of halogens is 1. The van der Waals surface area contributed by atoms with Crippen molar-refractivity contribution in [2.24, 2.45) is 0 Å². The molecule has 7 nitrogen and oxygen atoms in total. The van der Waals surface area contributed by atoms with Crippen molar-refractivity contribution in [1.29, 1.82) is 0 Å². The van der Waals surface area contributed by atoms with Gasteiger partial charge in [0.25, 0.3) is 0 Å². The van der Waals surface area contributed by atoms with Gasteiger partial charge in [0.1, 0.15) is 5.75 Å². The molecule has 0 radical (unpaired) electrons. The number of methoxy groups -OCH3 is 1. The van der Waals surface area contributed by atoms with Crippen LogP contribution in [0.3, 0.4) is 0 Å². The smallest absolute Gasteiger partial charge is 0.243 e. The van der Waals surface area contributed by atoms with Crippen LogP contribution >= 0.6 is 11.6 Å². The van der Waals surface area contributed by atoms with E-state index < -0.39 is 10.0 Å². The number of rotatable bonds is 4. The van der Waals surface area contributed by atoms with Gasteiger partial charge in [-0.1, -0.05) is 11.6 Å². The molecule has 4 rings (SSSR count). The summed E-state index contributed by atoms with van der Waals surface area (Å²) < 4.78 is 33.1. The van der Waals surface area contributed by atoms with E-state index in [1.165, 1.54) is 13.2 Å². The van der Waals surface area contributed by atoms with E-state index in [1.54, 1.807) is 33.6 Å². The highest BCUT2D eigenvalue weighted by molar-refractivity contribution is 7.89. The maximum atomic E-state index is 13.2. The molecule has 1 aromatic heterocycles. The van der Waals surface area contributed by atoms with E-state index in [-0.39, 0.29) is 23.0 Å². The molecule has 0 N–H and O–H groups in total. The van der Waals surface area contributed by atoms with Crippen molar-refractivity contribution in [2.45, 2.75) is 48.7 Å². The van der Waals surface area contributed by atoms with Gasteiger partial charge in [0, 0.05) is 12.1 Å². The largest absolute Gasteiger partial charge is 0.495 e. The highest BCUT2D eigenvalue weighted by Gasteiger charge is 2.48. The highest BCUT2D eigenvalue weighted by atomic mass is 35.5. The number of ether oxygens (including phenoxy) is 1. The van der Waals surface area contributed by atoms with Gasteiger partial charge in [0.05, 0.1) is 35.5 Å². The van der Waals surface area contributed by atoms with Crippen LogP contribution in [0.2, 0.25) is 5.02 Å². The van der Waals surface area contributed by atoms with Crippen molar-refractivity contribution in [3.05, 3.63) is 35.6 Å². The van der Waals surface area contributed by atoms with Crippen molar-refractivity contribution in [1.82, 2.24) is 19.3 Å². The topological polar surface area (TPSA) is 77.3 Å². The average molecular weight is 383 g/mol. The van der Waals surface area contributed by atoms with E-state index >= 15 is 0 Å². The molecule has 0 aliphatic carbocycles. The number of nitrogens with zero attached hydrogens (tertiary/aromatic N) is 4. The van der Waals surface area contributed by atoms with Crippen LogP contribution in [-0.4, -0.2) is 46.9 Å². The fourth-order valence-corrected chi connectivity index (χ4v) is 6.27. The number of sulfonamides is 1. The third kappa shape index (κ3) is 2.82. The van der Waals surface area contributed by atoms with Gasteiger partial charge in [-0.3, -0.25) is 0 Å². The summed E-state index contributed by atoms with van der Waals surface area (Å²) in [5.41, 5.74) is 0. The summed E-state index contributed by atoms with van der Waals surface area (Å²) in [4.78, 5) is 1.92. The van der Waals surface area contributed by atoms with Gasteiger partial charge in [0.15, 0.2) is 0 Å². The fourth-order valence-electron chi connectivity index (χ4n) is 4.03. The number of piperidine rings is 1. The molecule has 2 atom stereocenters. The maximum Gasteiger partial charge on any atom is 0.243 e. The molecule has 0 amide bonds. The van der Waals surface area contributed by atoms with E-state index in [2.05, 4.69) is 10.2 Å². The summed E-state index contributed by atoms with van der Waals surface area (Å²) in [5.74, 6) is 0.465. The van der Waals surface area contributed by atoms with Crippen molar-refractivity contribution >= 4 is 21.6 Å². The molecule has 134 valence electrons. The molecule has 2 aromatic rings. The molecule has 9 heteroatoms. The number of hydrogen-bond acceptors (Lipinski definition) is 5. The summed E-state index contributed by atoms with van der Waals surface area (Å²) in [6.07, 6.45) is 6.51. The molecule has 3 heterocycles. The van der Waals surface area contributed by atoms with Crippen molar-refractivity contribution in [3.8, 4) is 5.75 Å². The predicted octanol–water partition coefficient (Wildman–Crippen LogP) is 2.50. The third-order valence-corrected chi connectivity index (χ3v) is 7.40. The van der Waals surface area contributed by atoms with Crippen molar-refractivity contribution in [3.63, 3.8) is 0 Å². The lowest BCUT2D eigenvalue weighted by molar-refractivity contribution is 0.174. The number of hydrogen-bond donors (Lipinski definition) is 0. The van der Waals surface area contributed by atoms with Crippen molar-refractivity contribution in [2.75, 3.05) is 7.11 Å². The Morgan fingerprint density at radius 3 is 2.32 bits per heavy atom. The first-order chi connectivity index (χ1) is 12.0. The molecule has 2 unspecified atom stereocenters. The second kappa shape index (κ2) is 6.26. The van der Waals surface area contributed by atoms with Crippen LogP contribution in [0.5, 0.6) is 5.75 Å². The monoisotopic (exact) mass is 382 g/mol. The van der Waals surface area contributed by atoms with Crippen LogP contribution in [0.15, 0.2) is 35.5 Å². The van der Waals surface area contributed by atoms with Crippen LogP contribution in [0.4, 0.5) is 0 Å². The second-order valence-electron chi connectivity index (χ2n) is 6.49. The average Bonchev–Trinajstić information content (AvgIpc) is 3.22. The third-order valence-electron chi connectivity index (χ3n) is 5.10. The lowest BCUT2D eigenvalue weighted by atomic mass is 10.0. The molecule has 0 saturated carbocycles. The van der Waals surface area contributed by atoms with Gasteiger partial charge in [-0.2, -0.15) is 19.3 Å². The Balaban J connectivity index is 1.63. The minimum Gasteiger partial charge on any atom is -0.495 e. The van der Waals surface area contributed by atoms with Crippen LogP contribution < -0.4 is 4.74 Å². The fraction of sp³-hybridized carbons (Fsp3) is 0.500. The van der Waals surface area contributed by atoms with Gasteiger partial charge in [-0.05, 0) is 43.9 Å². The van der Waals surface area contributed by atoms with Gasteiger partial charge in [0.2, 0.25) is 10.0 Å². The summed E-state index contributed by atoms with van der Waals surface area (Å²) >= 11 is 6.13. The molecule has 2 aliphatic heterocycles. The van der Waals surface area contributed by atoms with E-state index in [1.807, 2.05) is 0 Å². The first-order valence-corrected chi connectivity index (χ1v) is 10.1. The molecule has 0 spiro atoms. The maximum absolute atomic E-state index is 13.2. The van der Waals surface area contributed by atoms with E-state index in [0.29, 0.717) is 10.8 Å². The minimum atomic E-state index is -3.59. The zero-order valence-corrected chi connectivity index (χ0v) is 15.3. The van der Waals surface area contributed by atoms with Crippen LogP contribution in [-0.2, 0) is 10.0 Å². The summed E-state index contributed by atoms with van der Waals surface area (Å²) in [6.45, 7) is 0. The first-order valence-electron chi connectivity index (χ1n) is 8.23. The quantitative estimate of drug-likeness (QED) is 0.811. The molecule has 2 saturated heterocycles. The van der Waals surface area contributed by atoms with Crippen LogP contribution in [0, 0.1) is 0 Å². The molecule has 25 heavy (non-hydrogen) atoms. The Labute approximate surface area is 151 Å². The molecule has 2 aliphatic rings. The lowest BCUT2D eigenvalue weighted by Gasteiger charge is -2.37. The van der Waals surface area contributed by atoms with Crippen LogP contribution in [0.1, 0.15) is 31.7 Å². The zero-order chi connectivity index (χ0) is 17.6. The first kappa shape index (κ1) is 16.8. The predicted molar refractivity (Wildman–Crippen MR) is 92.1 cm³/mol. The highest BCUT2D eigenvalue weighted by Crippen LogP contribution is 2.43. The zero-order valence-electron chi connectivity index (χ0n) is 13.7. The SMILES string of the molecule is COc1ccc(S(=O)(=O)N2C3CCC2CC(n2nccn2)C3)cc1Cl. The lowest BCUT2D eigenvalue weighted by Crippen LogP contribution is -2.47. The van der Waals surface area contributed by atoms with Crippen LogP contribution in [0.25, 0.3) is 0 Å². The van der Waals surface area contributed by atoms with Gasteiger partial charge < -0.3 is 4.74 Å². The normalized spacial score (nSPS) is 26.7. The molecular weight excluding hydrogens is 364 g/mol. The molecule has 1 aromatic carbocycles. The summed E-state index contributed by atoms with van der Waals surface area (Å²) in [6, 6.07) is 4.72. The summed E-state index contributed by atoms with van der Waals surface area (Å²) in [7, 11) is -2.09. The molecule has 2 fully saturated rings. The van der Waals surface area contributed by atoms with E-state index in [0.717, 1.165) is 25.7 Å². The second-order valence-corrected chi connectivity index (χ2v) is 8.74. The van der Waals surface area contributed by atoms with E-state index in [4.69, 9.17) is 16.3 Å². The molecule has 2 bridgehead atoms. The van der Waals surface area contributed by atoms with E-state index in [9.17, 15) is 8.42 Å². The Hall–Kier alpha value is -1.64. The Morgan fingerprint density at radius 2 is 1.76 bits per heavy atom.